The van der Waals surface area contributed by atoms with Crippen LogP contribution in [-0.4, -0.2) is 17.3 Å². The fourth-order valence-corrected chi connectivity index (χ4v) is 0.811. The average Bonchev–Trinajstić information content (AvgIpc) is 1.97. The van der Waals surface area contributed by atoms with Gasteiger partial charge in [-0.05, 0) is 0 Å². The fraction of sp³-hybridized carbons (Fsp3) is 0.286. The molecule has 4 nitrogen and oxygen atoms in total. The van der Waals surface area contributed by atoms with Crippen LogP contribution in [0.1, 0.15) is 5.69 Å². The second-order valence-corrected chi connectivity index (χ2v) is 2.19. The summed E-state index contributed by atoms with van der Waals surface area (Å²) in [5.41, 5.74) is 0.711. The minimum absolute atomic E-state index is 0.143. The first kappa shape index (κ1) is 7.65. The quantitative estimate of drug-likeness (QED) is 0.551. The Morgan fingerprint density at radius 3 is 2.55 bits per heavy atom. The highest BCUT2D eigenvalue weighted by Gasteiger charge is 2.12. The number of rotatable bonds is 1. The van der Waals surface area contributed by atoms with Gasteiger partial charge in [-0.2, -0.15) is 0 Å². The second kappa shape index (κ2) is 2.65. The van der Waals surface area contributed by atoms with Gasteiger partial charge >= 0.3 is 0 Å². The number of aromatic nitrogens is 1. The first-order valence-electron chi connectivity index (χ1n) is 3.14. The zero-order chi connectivity index (χ0) is 8.43. The molecule has 1 heterocycles. The van der Waals surface area contributed by atoms with Gasteiger partial charge in [0.1, 0.15) is 7.11 Å². The lowest BCUT2D eigenvalue weighted by Crippen LogP contribution is -2.42. The molecule has 0 amide bonds. The molecule has 1 aromatic rings. The number of nitrogens with zero attached hydrogens (tertiary/aromatic N) is 1. The van der Waals surface area contributed by atoms with Gasteiger partial charge in [-0.15, -0.1) is 0 Å². The summed E-state index contributed by atoms with van der Waals surface area (Å²) in [5, 5.41) is 18.0. The Kier molecular flexibility index (Phi) is 1.85. The van der Waals surface area contributed by atoms with Gasteiger partial charge in [-0.1, -0.05) is 0 Å². The van der Waals surface area contributed by atoms with Crippen LogP contribution >= 0.6 is 0 Å². The van der Waals surface area contributed by atoms with Gasteiger partial charge in [0, 0.05) is 11.7 Å². The number of hydrogen-bond acceptors (Lipinski definition) is 3. The molecule has 0 spiro atoms. The third-order valence-corrected chi connectivity index (χ3v) is 1.39. The first-order chi connectivity index (χ1) is 5.15. The van der Waals surface area contributed by atoms with E-state index >= 15 is 0 Å². The summed E-state index contributed by atoms with van der Waals surface area (Å²) >= 11 is 0. The zero-order valence-electron chi connectivity index (χ0n) is 6.40. The van der Waals surface area contributed by atoms with Gasteiger partial charge in [-0.25, -0.2) is 0 Å². The smallest absolute Gasteiger partial charge is 0.268 e. The maximum absolute atomic E-state index is 9.00. The van der Waals surface area contributed by atoms with Crippen molar-refractivity contribution in [2.75, 3.05) is 7.11 Å². The van der Waals surface area contributed by atoms with Gasteiger partial charge in [0.2, 0.25) is 11.4 Å². The standard InChI is InChI=1S/C7H9NO3/c1-5-3-6(9)7(10)4-8(5)11-2/h3-4,10H,1-2H3/p+1. The highest BCUT2D eigenvalue weighted by atomic mass is 16.6. The Hall–Kier alpha value is -1.45. The molecule has 0 aliphatic heterocycles. The Morgan fingerprint density at radius 1 is 1.36 bits per heavy atom. The van der Waals surface area contributed by atoms with Crippen LogP contribution in [-0.2, 0) is 0 Å². The molecule has 0 saturated heterocycles. The predicted octanol–water partition coefficient (Wildman–Crippen LogP) is -0.248. The average molecular weight is 156 g/mol. The topological polar surface area (TPSA) is 53.6 Å². The van der Waals surface area contributed by atoms with E-state index in [-0.39, 0.29) is 11.5 Å². The van der Waals surface area contributed by atoms with Crippen molar-refractivity contribution in [2.24, 2.45) is 0 Å². The molecule has 0 atom stereocenters. The van der Waals surface area contributed by atoms with Crippen molar-refractivity contribution in [3.63, 3.8) is 0 Å². The van der Waals surface area contributed by atoms with Crippen LogP contribution in [0.4, 0.5) is 0 Å². The summed E-state index contributed by atoms with van der Waals surface area (Å²) < 4.78 is 1.36. The van der Waals surface area contributed by atoms with Gasteiger partial charge < -0.3 is 10.2 Å². The van der Waals surface area contributed by atoms with E-state index < -0.39 is 0 Å². The van der Waals surface area contributed by atoms with E-state index in [9.17, 15) is 0 Å². The summed E-state index contributed by atoms with van der Waals surface area (Å²) in [4.78, 5) is 4.83. The van der Waals surface area contributed by atoms with E-state index in [0.29, 0.717) is 5.69 Å². The van der Waals surface area contributed by atoms with Crippen molar-refractivity contribution in [1.82, 2.24) is 0 Å². The number of aryl methyl sites for hydroxylation is 1. The molecule has 0 bridgehead atoms. The lowest BCUT2D eigenvalue weighted by atomic mass is 10.3. The molecular weight excluding hydrogens is 146 g/mol. The summed E-state index contributed by atoms with van der Waals surface area (Å²) in [7, 11) is 1.48. The summed E-state index contributed by atoms with van der Waals surface area (Å²) in [5.74, 6) is -0.340. The van der Waals surface area contributed by atoms with Crippen molar-refractivity contribution >= 4 is 0 Å². The number of aromatic hydroxyl groups is 2. The van der Waals surface area contributed by atoms with Gasteiger partial charge in [-0.3, -0.25) is 4.84 Å². The first-order valence-corrected chi connectivity index (χ1v) is 3.14. The highest BCUT2D eigenvalue weighted by molar-refractivity contribution is 5.33. The Bertz CT molecular complexity index is 273. The maximum Gasteiger partial charge on any atom is 0.268 e. The molecule has 4 heteroatoms. The third-order valence-electron chi connectivity index (χ3n) is 1.39. The van der Waals surface area contributed by atoms with Crippen molar-refractivity contribution in [1.29, 1.82) is 0 Å². The molecule has 0 fully saturated rings. The number of hydrogen-bond donors (Lipinski definition) is 2. The number of pyridine rings is 1. The molecule has 11 heavy (non-hydrogen) atoms. The maximum atomic E-state index is 9.00. The van der Waals surface area contributed by atoms with Crippen LogP contribution in [0.3, 0.4) is 0 Å². The Morgan fingerprint density at radius 2 is 2.00 bits per heavy atom. The van der Waals surface area contributed by atoms with Crippen molar-refractivity contribution in [3.8, 4) is 11.5 Å². The predicted molar refractivity (Wildman–Crippen MR) is 37.2 cm³/mol. The molecule has 1 rings (SSSR count). The second-order valence-electron chi connectivity index (χ2n) is 2.19. The van der Waals surface area contributed by atoms with Crippen LogP contribution < -0.4 is 9.57 Å². The van der Waals surface area contributed by atoms with Crippen LogP contribution in [0.25, 0.3) is 0 Å². The molecule has 1 aromatic heterocycles. The molecule has 0 aliphatic rings. The van der Waals surface area contributed by atoms with E-state index in [4.69, 9.17) is 15.1 Å². The summed E-state index contributed by atoms with van der Waals surface area (Å²) in [6.07, 6.45) is 1.30. The largest absolute Gasteiger partial charge is 0.504 e. The van der Waals surface area contributed by atoms with E-state index in [1.165, 1.54) is 24.1 Å². The van der Waals surface area contributed by atoms with Crippen LogP contribution in [0.15, 0.2) is 12.3 Å². The molecule has 0 aliphatic carbocycles. The zero-order valence-corrected chi connectivity index (χ0v) is 6.40. The highest BCUT2D eigenvalue weighted by Crippen LogP contribution is 2.21. The molecule has 0 unspecified atom stereocenters. The van der Waals surface area contributed by atoms with Crippen LogP contribution in [0.2, 0.25) is 0 Å². The lowest BCUT2D eigenvalue weighted by molar-refractivity contribution is -0.889. The van der Waals surface area contributed by atoms with E-state index in [1.54, 1.807) is 6.92 Å². The molecule has 0 aromatic carbocycles. The van der Waals surface area contributed by atoms with E-state index in [0.717, 1.165) is 0 Å². The van der Waals surface area contributed by atoms with Crippen molar-refractivity contribution < 1.29 is 19.8 Å². The van der Waals surface area contributed by atoms with E-state index in [2.05, 4.69) is 0 Å². The van der Waals surface area contributed by atoms with Crippen LogP contribution in [0, 0.1) is 6.92 Å². The minimum Gasteiger partial charge on any atom is -0.504 e. The normalized spacial score (nSPS) is 9.64. The SMILES string of the molecule is CO[n+]1cc(O)c(O)cc1C. The monoisotopic (exact) mass is 156 g/mol. The van der Waals surface area contributed by atoms with Crippen molar-refractivity contribution in [2.45, 2.75) is 6.92 Å². The molecule has 0 radical (unpaired) electrons. The molecular formula is C7H10NO3+. The Labute approximate surface area is 64.2 Å². The molecule has 60 valence electrons. The summed E-state index contributed by atoms with van der Waals surface area (Å²) in [6.45, 7) is 1.75. The van der Waals surface area contributed by atoms with Gasteiger partial charge in [0.15, 0.2) is 5.75 Å². The lowest BCUT2D eigenvalue weighted by Gasteiger charge is -1.97. The third kappa shape index (κ3) is 1.34. The van der Waals surface area contributed by atoms with Gasteiger partial charge in [0.05, 0.1) is 6.07 Å². The Balaban J connectivity index is 3.21. The van der Waals surface area contributed by atoms with Crippen LogP contribution in [0.5, 0.6) is 11.5 Å². The fourth-order valence-electron chi connectivity index (χ4n) is 0.811. The van der Waals surface area contributed by atoms with Crippen molar-refractivity contribution in [3.05, 3.63) is 18.0 Å². The minimum atomic E-state index is -0.197. The molecule has 2 N–H and O–H groups in total. The van der Waals surface area contributed by atoms with Gasteiger partial charge in [0.25, 0.3) is 6.20 Å². The summed E-state index contributed by atoms with van der Waals surface area (Å²) in [6, 6.07) is 1.42. The van der Waals surface area contributed by atoms with E-state index in [1.807, 2.05) is 0 Å². The molecule has 0 saturated carbocycles.